The van der Waals surface area contributed by atoms with Crippen LogP contribution in [0, 0.1) is 3.57 Å². The first-order chi connectivity index (χ1) is 7.39. The molecule has 16 heavy (non-hydrogen) atoms. The lowest BCUT2D eigenvalue weighted by molar-refractivity contribution is -0.276. The molecule has 8 heteroatoms. The molecule has 0 bridgehead atoms. The van der Waals surface area contributed by atoms with Crippen LogP contribution in [-0.2, 0) is 5.33 Å². The molecule has 0 aliphatic carbocycles. The lowest BCUT2D eigenvalue weighted by atomic mass is 10.2. The van der Waals surface area contributed by atoms with E-state index in [1.807, 2.05) is 22.6 Å². The Morgan fingerprint density at radius 3 is 2.62 bits per heavy atom. The Kier molecular flexibility index (Phi) is 4.53. The number of aromatic nitrogens is 1. The molecule has 0 atom stereocenters. The minimum Gasteiger partial charge on any atom is -0.388 e. The maximum Gasteiger partial charge on any atom is 0.574 e. The van der Waals surface area contributed by atoms with Gasteiger partial charge in [-0.25, -0.2) is 4.98 Å². The second-order valence-electron chi connectivity index (χ2n) is 2.60. The number of halogens is 5. The van der Waals surface area contributed by atoms with Crippen LogP contribution in [0.1, 0.15) is 15.9 Å². The number of pyridine rings is 1. The van der Waals surface area contributed by atoms with Crippen molar-refractivity contribution in [2.24, 2.45) is 0 Å². The van der Waals surface area contributed by atoms with E-state index in [1.165, 1.54) is 0 Å². The molecule has 1 rings (SSSR count). The monoisotopic (exact) mass is 409 g/mol. The number of hydrogen-bond acceptors (Lipinski definition) is 3. The minimum atomic E-state index is -4.82. The second kappa shape index (κ2) is 5.30. The van der Waals surface area contributed by atoms with Crippen molar-refractivity contribution in [3.8, 4) is 5.88 Å². The van der Waals surface area contributed by atoms with Crippen molar-refractivity contribution < 1.29 is 22.7 Å². The molecule has 88 valence electrons. The molecule has 1 heterocycles. The van der Waals surface area contributed by atoms with E-state index in [1.54, 1.807) is 0 Å². The summed E-state index contributed by atoms with van der Waals surface area (Å²) in [4.78, 5) is 14.2. The van der Waals surface area contributed by atoms with E-state index in [9.17, 15) is 18.0 Å². The fraction of sp³-hybridized carbons (Fsp3) is 0.250. The number of aldehydes is 1. The van der Waals surface area contributed by atoms with E-state index in [4.69, 9.17) is 0 Å². The first-order valence-electron chi connectivity index (χ1n) is 3.83. The smallest absolute Gasteiger partial charge is 0.388 e. The molecule has 0 N–H and O–H groups in total. The van der Waals surface area contributed by atoms with E-state index in [0.717, 1.165) is 6.20 Å². The molecule has 0 fully saturated rings. The summed E-state index contributed by atoms with van der Waals surface area (Å²) in [7, 11) is 0. The number of nitrogens with zero attached hydrogens (tertiary/aromatic N) is 1. The van der Waals surface area contributed by atoms with Crippen LogP contribution in [0.25, 0.3) is 0 Å². The van der Waals surface area contributed by atoms with Crippen LogP contribution >= 0.6 is 38.5 Å². The highest BCUT2D eigenvalue weighted by molar-refractivity contribution is 14.1. The predicted molar refractivity (Wildman–Crippen MR) is 61.7 cm³/mol. The number of alkyl halides is 4. The third-order valence-electron chi connectivity index (χ3n) is 1.60. The van der Waals surface area contributed by atoms with Gasteiger partial charge in [-0.1, -0.05) is 15.9 Å². The van der Waals surface area contributed by atoms with Gasteiger partial charge in [-0.05, 0) is 22.6 Å². The van der Waals surface area contributed by atoms with Crippen LogP contribution < -0.4 is 4.74 Å². The van der Waals surface area contributed by atoms with E-state index in [0.29, 0.717) is 9.86 Å². The Balaban J connectivity index is 3.25. The maximum absolute atomic E-state index is 12.0. The highest BCUT2D eigenvalue weighted by Gasteiger charge is 2.33. The fourth-order valence-corrected chi connectivity index (χ4v) is 2.11. The van der Waals surface area contributed by atoms with Crippen molar-refractivity contribution >= 4 is 44.8 Å². The van der Waals surface area contributed by atoms with Crippen LogP contribution in [0.5, 0.6) is 5.88 Å². The van der Waals surface area contributed by atoms with Crippen LogP contribution in [0.3, 0.4) is 0 Å². The van der Waals surface area contributed by atoms with Crippen molar-refractivity contribution in [2.45, 2.75) is 11.7 Å². The van der Waals surface area contributed by atoms with Crippen molar-refractivity contribution in [3.05, 3.63) is 20.9 Å². The zero-order chi connectivity index (χ0) is 12.3. The second-order valence-corrected chi connectivity index (χ2v) is 4.33. The molecule has 0 aliphatic rings. The molecule has 0 amide bonds. The molecule has 0 saturated heterocycles. The Hall–Kier alpha value is -0.380. The summed E-state index contributed by atoms with van der Waals surface area (Å²) in [5.74, 6) is -0.605. The van der Waals surface area contributed by atoms with Gasteiger partial charge in [0, 0.05) is 26.2 Å². The average Bonchev–Trinajstić information content (AvgIpc) is 2.18. The van der Waals surface area contributed by atoms with Crippen molar-refractivity contribution in [1.29, 1.82) is 0 Å². The van der Waals surface area contributed by atoms with E-state index in [-0.39, 0.29) is 16.5 Å². The Labute approximate surface area is 111 Å². The summed E-state index contributed by atoms with van der Waals surface area (Å²) >= 11 is 4.80. The Morgan fingerprint density at radius 1 is 1.56 bits per heavy atom. The summed E-state index contributed by atoms with van der Waals surface area (Å²) in [6, 6.07) is 0. The van der Waals surface area contributed by atoms with Crippen LogP contribution in [0.4, 0.5) is 13.2 Å². The molecule has 0 spiro atoms. The van der Waals surface area contributed by atoms with Gasteiger partial charge in [0.25, 0.3) is 0 Å². The Morgan fingerprint density at radius 2 is 2.19 bits per heavy atom. The van der Waals surface area contributed by atoms with Gasteiger partial charge in [0.1, 0.15) is 0 Å². The number of rotatable bonds is 3. The SMILES string of the molecule is O=Cc1c(I)cnc(OC(F)(F)F)c1CBr. The highest BCUT2D eigenvalue weighted by atomic mass is 127. The maximum atomic E-state index is 12.0. The van der Waals surface area contributed by atoms with Gasteiger partial charge < -0.3 is 4.74 Å². The summed E-state index contributed by atoms with van der Waals surface area (Å²) < 4.78 is 40.3. The lowest BCUT2D eigenvalue weighted by Crippen LogP contribution is -2.19. The average molecular weight is 410 g/mol. The quantitative estimate of drug-likeness (QED) is 0.437. The summed E-state index contributed by atoms with van der Waals surface area (Å²) in [5.41, 5.74) is 0.228. The minimum absolute atomic E-state index is 0.0519. The van der Waals surface area contributed by atoms with Crippen molar-refractivity contribution in [1.82, 2.24) is 4.98 Å². The molecule has 1 aromatic heterocycles. The molecule has 1 aromatic rings. The zero-order valence-corrected chi connectivity index (χ0v) is 11.3. The molecule has 0 aromatic carbocycles. The van der Waals surface area contributed by atoms with Gasteiger partial charge in [-0.2, -0.15) is 0 Å². The largest absolute Gasteiger partial charge is 0.574 e. The van der Waals surface area contributed by atoms with Crippen LogP contribution in [-0.4, -0.2) is 17.6 Å². The van der Waals surface area contributed by atoms with Gasteiger partial charge in [-0.3, -0.25) is 4.79 Å². The molecule has 0 saturated carbocycles. The van der Waals surface area contributed by atoms with Gasteiger partial charge in [-0.15, -0.1) is 13.2 Å². The van der Waals surface area contributed by atoms with Gasteiger partial charge in [0.2, 0.25) is 5.88 Å². The molecular formula is C8H4BrF3INO2. The van der Waals surface area contributed by atoms with Gasteiger partial charge in [0.05, 0.1) is 0 Å². The standard InChI is InChI=1S/C8H4BrF3INO2/c9-1-4-5(3-15)6(13)2-14-7(4)16-8(10,11)12/h2-3H,1H2. The number of carbonyl (C=O) groups is 1. The van der Waals surface area contributed by atoms with Crippen LogP contribution in [0.2, 0.25) is 0 Å². The first-order valence-corrected chi connectivity index (χ1v) is 6.03. The third-order valence-corrected chi connectivity index (χ3v) is 3.02. The van der Waals surface area contributed by atoms with E-state index >= 15 is 0 Å². The summed E-state index contributed by atoms with van der Waals surface area (Å²) in [5, 5.41) is 0.0519. The summed E-state index contributed by atoms with van der Waals surface area (Å²) in [6.07, 6.45) is -3.20. The fourth-order valence-electron chi connectivity index (χ4n) is 0.976. The first kappa shape index (κ1) is 13.7. The van der Waals surface area contributed by atoms with Gasteiger partial charge in [0.15, 0.2) is 6.29 Å². The topological polar surface area (TPSA) is 39.2 Å². The number of carbonyl (C=O) groups excluding carboxylic acids is 1. The molecular weight excluding hydrogens is 406 g/mol. The molecule has 0 unspecified atom stereocenters. The normalized spacial score (nSPS) is 11.3. The summed E-state index contributed by atoms with van der Waals surface area (Å²) in [6.45, 7) is 0. The predicted octanol–water partition coefficient (Wildman–Crippen LogP) is 3.29. The van der Waals surface area contributed by atoms with E-state index in [2.05, 4.69) is 25.7 Å². The lowest BCUT2D eigenvalue weighted by Gasteiger charge is -2.12. The van der Waals surface area contributed by atoms with E-state index < -0.39 is 12.2 Å². The van der Waals surface area contributed by atoms with Crippen molar-refractivity contribution in [3.63, 3.8) is 0 Å². The number of ether oxygens (including phenoxy) is 1. The van der Waals surface area contributed by atoms with Gasteiger partial charge >= 0.3 is 6.36 Å². The van der Waals surface area contributed by atoms with Crippen molar-refractivity contribution in [2.75, 3.05) is 0 Å². The zero-order valence-electron chi connectivity index (χ0n) is 7.52. The number of hydrogen-bond donors (Lipinski definition) is 0. The Bertz CT molecular complexity index is 411. The highest BCUT2D eigenvalue weighted by Crippen LogP contribution is 2.29. The molecule has 3 nitrogen and oxygen atoms in total. The third kappa shape index (κ3) is 3.30. The van der Waals surface area contributed by atoms with Crippen LogP contribution in [0.15, 0.2) is 6.20 Å². The molecule has 0 radical (unpaired) electrons. The molecule has 0 aliphatic heterocycles.